The normalized spacial score (nSPS) is 12.4. The summed E-state index contributed by atoms with van der Waals surface area (Å²) in [5.74, 6) is 0.135. The van der Waals surface area contributed by atoms with Crippen molar-refractivity contribution in [3.8, 4) is 0 Å². The number of hydrogen-bond acceptors (Lipinski definition) is 5. The van der Waals surface area contributed by atoms with Crippen molar-refractivity contribution < 1.29 is 9.53 Å². The molecule has 0 saturated heterocycles. The maximum Gasteiger partial charge on any atom is 0.235 e. The van der Waals surface area contributed by atoms with Crippen LogP contribution in [-0.2, 0) is 16.1 Å². The molecule has 0 aromatic carbocycles. The van der Waals surface area contributed by atoms with Crippen molar-refractivity contribution in [3.05, 3.63) is 6.33 Å². The molecule has 0 spiro atoms. The van der Waals surface area contributed by atoms with Crippen molar-refractivity contribution in [2.75, 3.05) is 26.8 Å². The number of rotatable bonds is 8. The summed E-state index contributed by atoms with van der Waals surface area (Å²) in [6.07, 6.45) is 1.66. The molecule has 0 fully saturated rings. The molecule has 19 heavy (non-hydrogen) atoms. The second-order valence-electron chi connectivity index (χ2n) is 4.07. The first-order chi connectivity index (χ1) is 9.13. The Balaban J connectivity index is 2.63. The lowest BCUT2D eigenvalue weighted by Crippen LogP contribution is -2.36. The Kier molecular flexibility index (Phi) is 6.86. The van der Waals surface area contributed by atoms with Crippen molar-refractivity contribution in [1.29, 1.82) is 0 Å². The Morgan fingerprint density at radius 2 is 2.21 bits per heavy atom. The van der Waals surface area contributed by atoms with Crippen LogP contribution in [0.4, 0.5) is 0 Å². The van der Waals surface area contributed by atoms with Crippen LogP contribution in [0.25, 0.3) is 0 Å². The fourth-order valence-corrected chi connectivity index (χ4v) is 2.61. The van der Waals surface area contributed by atoms with Gasteiger partial charge >= 0.3 is 0 Å². The van der Waals surface area contributed by atoms with E-state index in [0.29, 0.717) is 13.2 Å². The van der Waals surface area contributed by atoms with Gasteiger partial charge in [-0.15, -0.1) is 10.2 Å². The minimum absolute atomic E-state index is 0.135. The van der Waals surface area contributed by atoms with Crippen molar-refractivity contribution in [2.45, 2.75) is 37.7 Å². The van der Waals surface area contributed by atoms with Crippen LogP contribution in [0.1, 0.15) is 20.8 Å². The first kappa shape index (κ1) is 16.0. The van der Waals surface area contributed by atoms with E-state index in [1.54, 1.807) is 13.4 Å². The van der Waals surface area contributed by atoms with Gasteiger partial charge < -0.3 is 14.2 Å². The third-order valence-corrected chi connectivity index (χ3v) is 3.90. The molecule has 1 rings (SSSR count). The van der Waals surface area contributed by atoms with E-state index in [-0.39, 0.29) is 11.2 Å². The maximum atomic E-state index is 12.2. The van der Waals surface area contributed by atoms with Gasteiger partial charge in [-0.3, -0.25) is 4.79 Å². The summed E-state index contributed by atoms with van der Waals surface area (Å²) in [6, 6.07) is 0. The molecule has 0 aliphatic heterocycles. The van der Waals surface area contributed by atoms with E-state index in [0.717, 1.165) is 18.2 Å². The molecule has 0 radical (unpaired) electrons. The van der Waals surface area contributed by atoms with Gasteiger partial charge in [0, 0.05) is 26.7 Å². The lowest BCUT2D eigenvalue weighted by Gasteiger charge is -2.22. The van der Waals surface area contributed by atoms with E-state index in [1.807, 2.05) is 30.2 Å². The Labute approximate surface area is 118 Å². The van der Waals surface area contributed by atoms with Crippen LogP contribution in [0, 0.1) is 0 Å². The van der Waals surface area contributed by atoms with Crippen molar-refractivity contribution in [3.63, 3.8) is 0 Å². The van der Waals surface area contributed by atoms with Gasteiger partial charge in [0.15, 0.2) is 5.16 Å². The minimum atomic E-state index is -0.162. The van der Waals surface area contributed by atoms with E-state index in [1.165, 1.54) is 11.8 Å². The van der Waals surface area contributed by atoms with Crippen molar-refractivity contribution >= 4 is 17.7 Å². The summed E-state index contributed by atoms with van der Waals surface area (Å²) in [5.41, 5.74) is 0. The van der Waals surface area contributed by atoms with E-state index < -0.39 is 0 Å². The molecular weight excluding hydrogens is 264 g/mol. The highest BCUT2D eigenvalue weighted by Gasteiger charge is 2.21. The van der Waals surface area contributed by atoms with E-state index in [2.05, 4.69) is 10.2 Å². The molecule has 1 aromatic heterocycles. The molecule has 0 aliphatic carbocycles. The average Bonchev–Trinajstić information content (AvgIpc) is 2.84. The van der Waals surface area contributed by atoms with Crippen LogP contribution in [0.2, 0.25) is 0 Å². The van der Waals surface area contributed by atoms with Crippen molar-refractivity contribution in [2.24, 2.45) is 0 Å². The number of ether oxygens (including phenoxy) is 1. The second kappa shape index (κ2) is 8.16. The number of carbonyl (C=O) groups excluding carboxylic acids is 1. The number of thioether (sulfide) groups is 1. The van der Waals surface area contributed by atoms with E-state index in [4.69, 9.17) is 4.74 Å². The fraction of sp³-hybridized carbons (Fsp3) is 0.750. The third kappa shape index (κ3) is 4.50. The number of aromatic nitrogens is 3. The molecule has 108 valence electrons. The molecule has 7 heteroatoms. The summed E-state index contributed by atoms with van der Waals surface area (Å²) in [7, 11) is 1.66. The van der Waals surface area contributed by atoms with Gasteiger partial charge in [0.1, 0.15) is 6.33 Å². The molecule has 1 aromatic rings. The average molecular weight is 286 g/mol. The van der Waals surface area contributed by atoms with E-state index in [9.17, 15) is 4.79 Å². The van der Waals surface area contributed by atoms with Gasteiger partial charge in [-0.1, -0.05) is 11.8 Å². The smallest absolute Gasteiger partial charge is 0.235 e. The highest BCUT2D eigenvalue weighted by atomic mass is 32.2. The molecule has 0 aliphatic rings. The van der Waals surface area contributed by atoms with Crippen LogP contribution >= 0.6 is 11.8 Å². The summed E-state index contributed by atoms with van der Waals surface area (Å²) in [5, 5.41) is 8.53. The van der Waals surface area contributed by atoms with Gasteiger partial charge in [0.05, 0.1) is 11.9 Å². The Hall–Kier alpha value is -1.08. The van der Waals surface area contributed by atoms with Gasteiger partial charge in [-0.2, -0.15) is 0 Å². The molecule has 0 N–H and O–H groups in total. The number of amides is 1. The van der Waals surface area contributed by atoms with Gasteiger partial charge in [-0.25, -0.2) is 0 Å². The highest BCUT2D eigenvalue weighted by molar-refractivity contribution is 8.00. The van der Waals surface area contributed by atoms with E-state index >= 15 is 0 Å². The molecule has 1 heterocycles. The number of nitrogens with zero attached hydrogens (tertiary/aromatic N) is 4. The second-order valence-corrected chi connectivity index (χ2v) is 5.38. The van der Waals surface area contributed by atoms with Gasteiger partial charge in [-0.05, 0) is 20.8 Å². The SMILES string of the molecule is CCN(CC)C(=O)C(C)Sc1nncn1CCOC. The minimum Gasteiger partial charge on any atom is -0.383 e. The molecular formula is C12H22N4O2S. The first-order valence-electron chi connectivity index (χ1n) is 6.46. The quantitative estimate of drug-likeness (QED) is 0.674. The number of hydrogen-bond donors (Lipinski definition) is 0. The first-order valence-corrected chi connectivity index (χ1v) is 7.34. The molecule has 1 atom stereocenters. The van der Waals surface area contributed by atoms with Gasteiger partial charge in [0.25, 0.3) is 0 Å². The number of methoxy groups -OCH3 is 1. The summed E-state index contributed by atoms with van der Waals surface area (Å²) >= 11 is 1.44. The molecule has 1 amide bonds. The Morgan fingerprint density at radius 3 is 2.79 bits per heavy atom. The Morgan fingerprint density at radius 1 is 1.53 bits per heavy atom. The zero-order valence-electron chi connectivity index (χ0n) is 12.0. The van der Waals surface area contributed by atoms with Crippen LogP contribution in [0.5, 0.6) is 0 Å². The lowest BCUT2D eigenvalue weighted by molar-refractivity contribution is -0.129. The van der Waals surface area contributed by atoms with Crippen LogP contribution < -0.4 is 0 Å². The van der Waals surface area contributed by atoms with Crippen molar-refractivity contribution in [1.82, 2.24) is 19.7 Å². The monoisotopic (exact) mass is 286 g/mol. The maximum absolute atomic E-state index is 12.2. The Bertz CT molecular complexity index is 393. The highest BCUT2D eigenvalue weighted by Crippen LogP contribution is 2.22. The van der Waals surface area contributed by atoms with Crippen LogP contribution in [-0.4, -0.2) is 57.6 Å². The number of carbonyl (C=O) groups is 1. The van der Waals surface area contributed by atoms with Gasteiger partial charge in [0.2, 0.25) is 5.91 Å². The zero-order chi connectivity index (χ0) is 14.3. The largest absolute Gasteiger partial charge is 0.383 e. The topological polar surface area (TPSA) is 60.2 Å². The molecule has 0 bridgehead atoms. The zero-order valence-corrected chi connectivity index (χ0v) is 12.8. The molecule has 0 saturated carbocycles. The summed E-state index contributed by atoms with van der Waals surface area (Å²) in [4.78, 5) is 14.0. The third-order valence-electron chi connectivity index (χ3n) is 2.82. The predicted octanol–water partition coefficient (Wildman–Crippen LogP) is 1.27. The predicted molar refractivity (Wildman–Crippen MR) is 75.1 cm³/mol. The fourth-order valence-electron chi connectivity index (χ4n) is 1.68. The summed E-state index contributed by atoms with van der Waals surface area (Å²) in [6.45, 7) is 8.63. The van der Waals surface area contributed by atoms with Crippen LogP contribution in [0.15, 0.2) is 11.5 Å². The molecule has 6 nitrogen and oxygen atoms in total. The lowest BCUT2D eigenvalue weighted by atomic mass is 10.4. The van der Waals surface area contributed by atoms with Crippen LogP contribution in [0.3, 0.4) is 0 Å². The summed E-state index contributed by atoms with van der Waals surface area (Å²) < 4.78 is 6.94. The molecule has 1 unspecified atom stereocenters. The standard InChI is InChI=1S/C12H22N4O2S/c1-5-15(6-2)11(17)10(3)19-12-14-13-9-16(12)7-8-18-4/h9-10H,5-8H2,1-4H3.